The van der Waals surface area contributed by atoms with Crippen LogP contribution in [0.3, 0.4) is 0 Å². The summed E-state index contributed by atoms with van der Waals surface area (Å²) in [6, 6.07) is 12.3. The van der Waals surface area contributed by atoms with E-state index in [0.717, 1.165) is 18.2 Å². The van der Waals surface area contributed by atoms with Crippen molar-refractivity contribution in [3.8, 4) is 0 Å². The standard InChI is InChI=1S/C19H12F3N3O6S2/c20-19(21,22)12-9-10-17(15(11-12)25(28)29)32-16-7-3-1-5-13(16)23-33(30,31)18-8-4-2-6-14(18)24(26)27/h1-11,23H. The molecule has 0 spiro atoms. The number of nitrogens with one attached hydrogen (secondary N) is 1. The molecule has 0 aromatic heterocycles. The van der Waals surface area contributed by atoms with Crippen LogP contribution < -0.4 is 4.72 Å². The van der Waals surface area contributed by atoms with Gasteiger partial charge in [-0.1, -0.05) is 36.0 Å². The van der Waals surface area contributed by atoms with Gasteiger partial charge in [0, 0.05) is 17.0 Å². The van der Waals surface area contributed by atoms with E-state index in [2.05, 4.69) is 4.72 Å². The van der Waals surface area contributed by atoms with Crippen molar-refractivity contribution in [1.29, 1.82) is 0 Å². The quantitative estimate of drug-likeness (QED) is 0.336. The average molecular weight is 499 g/mol. The highest BCUT2D eigenvalue weighted by molar-refractivity contribution is 7.99. The Kier molecular flexibility index (Phi) is 6.60. The zero-order valence-electron chi connectivity index (χ0n) is 16.1. The van der Waals surface area contributed by atoms with Gasteiger partial charge in [0.1, 0.15) is 0 Å². The zero-order chi connectivity index (χ0) is 24.4. The number of benzene rings is 3. The number of alkyl halides is 3. The van der Waals surface area contributed by atoms with Crippen LogP contribution in [0, 0.1) is 20.2 Å². The third-order valence-corrected chi connectivity index (χ3v) is 6.74. The van der Waals surface area contributed by atoms with Crippen LogP contribution in [0.4, 0.5) is 30.2 Å². The fourth-order valence-electron chi connectivity index (χ4n) is 2.72. The molecule has 0 saturated carbocycles. The van der Waals surface area contributed by atoms with Crippen LogP contribution in [-0.4, -0.2) is 18.3 Å². The third kappa shape index (κ3) is 5.40. The number of hydrogen-bond donors (Lipinski definition) is 1. The second kappa shape index (κ2) is 9.07. The second-order valence-electron chi connectivity index (χ2n) is 6.37. The second-order valence-corrected chi connectivity index (χ2v) is 9.10. The van der Waals surface area contributed by atoms with Crippen LogP contribution in [0.15, 0.2) is 81.4 Å². The van der Waals surface area contributed by atoms with Gasteiger partial charge in [-0.15, -0.1) is 0 Å². The summed E-state index contributed by atoms with van der Waals surface area (Å²) < 4.78 is 66.6. The Morgan fingerprint density at radius 2 is 1.42 bits per heavy atom. The summed E-state index contributed by atoms with van der Waals surface area (Å²) in [6.07, 6.45) is -4.79. The van der Waals surface area contributed by atoms with Crippen molar-refractivity contribution in [3.05, 3.63) is 92.5 Å². The Morgan fingerprint density at radius 1 is 0.818 bits per heavy atom. The summed E-state index contributed by atoms with van der Waals surface area (Å²) in [5.74, 6) is 0. The minimum atomic E-state index is -4.79. The van der Waals surface area contributed by atoms with Gasteiger partial charge >= 0.3 is 6.18 Å². The molecule has 0 saturated heterocycles. The first kappa shape index (κ1) is 24.0. The summed E-state index contributed by atoms with van der Waals surface area (Å²) in [6.45, 7) is 0. The number of para-hydroxylation sites is 2. The number of nitrogens with zero attached hydrogens (tertiary/aromatic N) is 2. The molecule has 172 valence electrons. The smallest absolute Gasteiger partial charge is 0.278 e. The highest BCUT2D eigenvalue weighted by atomic mass is 32.2. The Balaban J connectivity index is 2.01. The number of halogens is 3. The van der Waals surface area contributed by atoms with Crippen LogP contribution in [0.5, 0.6) is 0 Å². The van der Waals surface area contributed by atoms with Gasteiger partial charge in [-0.3, -0.25) is 25.0 Å². The number of sulfonamides is 1. The number of anilines is 1. The fourth-order valence-corrected chi connectivity index (χ4v) is 5.02. The zero-order valence-corrected chi connectivity index (χ0v) is 17.8. The molecule has 33 heavy (non-hydrogen) atoms. The molecule has 0 aliphatic carbocycles. The molecule has 3 aromatic rings. The lowest BCUT2D eigenvalue weighted by atomic mass is 10.2. The predicted octanol–water partition coefficient (Wildman–Crippen LogP) is 5.47. The lowest BCUT2D eigenvalue weighted by molar-refractivity contribution is -0.388. The molecule has 0 aliphatic rings. The van der Waals surface area contributed by atoms with Gasteiger partial charge < -0.3 is 0 Å². The van der Waals surface area contributed by atoms with Crippen LogP contribution in [0.25, 0.3) is 0 Å². The van der Waals surface area contributed by atoms with E-state index < -0.39 is 47.9 Å². The van der Waals surface area contributed by atoms with E-state index in [4.69, 9.17) is 0 Å². The van der Waals surface area contributed by atoms with Crippen molar-refractivity contribution < 1.29 is 31.4 Å². The summed E-state index contributed by atoms with van der Waals surface area (Å²) in [5.41, 5.74) is -2.75. The number of rotatable bonds is 7. The number of nitro benzene ring substituents is 2. The predicted molar refractivity (Wildman–Crippen MR) is 113 cm³/mol. The number of nitro groups is 2. The molecule has 1 N–H and O–H groups in total. The van der Waals surface area contributed by atoms with Gasteiger partial charge in [0.25, 0.3) is 21.4 Å². The van der Waals surface area contributed by atoms with Crippen LogP contribution in [-0.2, 0) is 16.2 Å². The first-order valence-corrected chi connectivity index (χ1v) is 11.1. The van der Waals surface area contributed by atoms with Crippen LogP contribution in [0.1, 0.15) is 5.56 Å². The monoisotopic (exact) mass is 499 g/mol. The SMILES string of the molecule is O=[N+]([O-])c1cc(C(F)(F)F)ccc1Sc1ccccc1NS(=O)(=O)c1ccccc1[N+](=O)[O-]. The minimum absolute atomic E-state index is 0.0742. The van der Waals surface area contributed by atoms with Gasteiger partial charge in [-0.05, 0) is 30.3 Å². The summed E-state index contributed by atoms with van der Waals surface area (Å²) in [4.78, 5) is 20.1. The van der Waals surface area contributed by atoms with Crippen molar-refractivity contribution in [2.24, 2.45) is 0 Å². The van der Waals surface area contributed by atoms with E-state index in [1.165, 1.54) is 36.4 Å². The molecule has 0 radical (unpaired) electrons. The van der Waals surface area contributed by atoms with Crippen LogP contribution in [0.2, 0.25) is 0 Å². The van der Waals surface area contributed by atoms with Crippen molar-refractivity contribution in [3.63, 3.8) is 0 Å². The topological polar surface area (TPSA) is 132 Å². The van der Waals surface area contributed by atoms with E-state index in [-0.39, 0.29) is 15.5 Å². The average Bonchev–Trinajstić information content (AvgIpc) is 2.74. The Labute approximate surface area is 188 Å². The molecule has 0 atom stereocenters. The minimum Gasteiger partial charge on any atom is -0.278 e. The van der Waals surface area contributed by atoms with Gasteiger partial charge in [-0.2, -0.15) is 13.2 Å². The Bertz CT molecular complexity index is 1350. The van der Waals surface area contributed by atoms with Crippen LogP contribution >= 0.6 is 11.8 Å². The molecule has 0 bridgehead atoms. The molecular formula is C19H12F3N3O6S2. The van der Waals surface area contributed by atoms with Gasteiger partial charge in [0.05, 0.1) is 26.0 Å². The van der Waals surface area contributed by atoms with Crippen molar-refractivity contribution in [2.75, 3.05) is 4.72 Å². The maximum absolute atomic E-state index is 12.9. The molecular weight excluding hydrogens is 487 g/mol. The first-order chi connectivity index (χ1) is 15.4. The Hall–Kier alpha value is -3.65. The number of hydrogen-bond acceptors (Lipinski definition) is 7. The van der Waals surface area contributed by atoms with E-state index >= 15 is 0 Å². The maximum atomic E-state index is 12.9. The van der Waals surface area contributed by atoms with Gasteiger partial charge in [0.15, 0.2) is 4.90 Å². The highest BCUT2D eigenvalue weighted by Gasteiger charge is 2.33. The molecule has 14 heteroatoms. The largest absolute Gasteiger partial charge is 0.416 e. The lowest BCUT2D eigenvalue weighted by Crippen LogP contribution is -2.15. The fraction of sp³-hybridized carbons (Fsp3) is 0.0526. The van der Waals surface area contributed by atoms with Gasteiger partial charge in [0.2, 0.25) is 0 Å². The molecule has 3 rings (SSSR count). The van der Waals surface area contributed by atoms with Crippen molar-refractivity contribution in [2.45, 2.75) is 20.9 Å². The van der Waals surface area contributed by atoms with Crippen molar-refractivity contribution in [1.82, 2.24) is 0 Å². The van der Waals surface area contributed by atoms with Crippen molar-refractivity contribution >= 4 is 38.8 Å². The molecule has 0 heterocycles. The molecule has 0 unspecified atom stereocenters. The first-order valence-electron chi connectivity index (χ1n) is 8.79. The molecule has 0 amide bonds. The molecule has 0 aliphatic heterocycles. The normalized spacial score (nSPS) is 11.7. The highest BCUT2D eigenvalue weighted by Crippen LogP contribution is 2.41. The van der Waals surface area contributed by atoms with E-state index in [1.54, 1.807) is 0 Å². The van der Waals surface area contributed by atoms with E-state index in [0.29, 0.717) is 23.9 Å². The summed E-state index contributed by atoms with van der Waals surface area (Å²) >= 11 is 0.665. The van der Waals surface area contributed by atoms with E-state index in [1.807, 2.05) is 0 Å². The Morgan fingerprint density at radius 3 is 2.06 bits per heavy atom. The molecule has 3 aromatic carbocycles. The van der Waals surface area contributed by atoms with Gasteiger partial charge in [-0.25, -0.2) is 8.42 Å². The molecule has 9 nitrogen and oxygen atoms in total. The molecule has 0 fully saturated rings. The lowest BCUT2D eigenvalue weighted by Gasteiger charge is -2.13. The maximum Gasteiger partial charge on any atom is 0.416 e. The third-order valence-electron chi connectivity index (χ3n) is 4.19. The van der Waals surface area contributed by atoms with E-state index in [9.17, 15) is 41.8 Å². The summed E-state index contributed by atoms with van der Waals surface area (Å²) in [5, 5.41) is 22.5. The summed E-state index contributed by atoms with van der Waals surface area (Å²) in [7, 11) is -4.44.